The molecule has 1 aromatic heterocycles. The zero-order valence-corrected chi connectivity index (χ0v) is 37.3. The standard InChI is InChI=1S/C18H15OP.C17H17OP.C13H9F3O5.Eu/c19-20(16-10-4-1-5-11-16,17-12-6-2-7-13-17)18-14-8-3-9-15-18;1-3-15(4-2)19(18,16-11-7-5-8-12-16)17-13-9-6-10-14-17;1-2-20-7-5-3-4-6-9(17)8(11(18)13(14,15)16)12(19)21-10(6)7;/h1-15H;3-14H,1H2,2H3;3-5,17H,2H2,1H3;/b;15-4+;;. The molecule has 0 aliphatic rings. The minimum absolute atomic E-state index is 0. The zero-order chi connectivity index (χ0) is 43.3. The van der Waals surface area contributed by atoms with E-state index in [9.17, 15) is 37.0 Å². The Kier molecular flexibility index (Phi) is 17.8. The van der Waals surface area contributed by atoms with Crippen LogP contribution in [0.1, 0.15) is 24.2 Å². The third-order valence-electron chi connectivity index (χ3n) is 9.12. The second kappa shape index (κ2) is 22.3. The van der Waals surface area contributed by atoms with Gasteiger partial charge < -0.3 is 23.4 Å². The largest absolute Gasteiger partial charge is 0.506 e. The minimum atomic E-state index is -5.29. The number of aromatic hydroxyl groups is 1. The second-order valence-electron chi connectivity index (χ2n) is 12.8. The number of benzene rings is 6. The SMILES string of the molecule is C=C/C(=C\C)P(=O)(c1ccccc1)c1ccccc1.CCOc1cccc2c(O)c(C(=O)C(F)(F)F)c(=O)oc12.O=P(c1ccccc1)(c1ccccc1)c1ccccc1.[Eu]. The molecular weight excluding hydrogens is 959 g/mol. The van der Waals surface area contributed by atoms with Crippen LogP contribution in [0.3, 0.4) is 0 Å². The van der Waals surface area contributed by atoms with Gasteiger partial charge in [-0.1, -0.05) is 176 Å². The number of rotatable bonds is 10. The molecule has 0 atom stereocenters. The molecule has 13 heteroatoms. The number of halogens is 3. The maximum absolute atomic E-state index is 13.8. The van der Waals surface area contributed by atoms with Crippen LogP contribution in [0.5, 0.6) is 11.5 Å². The van der Waals surface area contributed by atoms with E-state index in [1.165, 1.54) is 18.2 Å². The Morgan fingerprint density at radius 1 is 0.689 bits per heavy atom. The Hall–Kier alpha value is -4.89. The summed E-state index contributed by atoms with van der Waals surface area (Å²) in [7, 11) is -5.57. The van der Waals surface area contributed by atoms with Gasteiger partial charge in [-0.3, -0.25) is 4.79 Å². The number of ether oxygens (including phenoxy) is 1. The van der Waals surface area contributed by atoms with E-state index in [1.807, 2.05) is 165 Å². The molecule has 61 heavy (non-hydrogen) atoms. The number of hydrogen-bond donors (Lipinski definition) is 1. The summed E-state index contributed by atoms with van der Waals surface area (Å²) in [6, 6.07) is 52.4. The molecule has 0 fully saturated rings. The first-order chi connectivity index (χ1) is 28.8. The molecule has 313 valence electrons. The number of allylic oxidation sites excluding steroid dienone is 3. The van der Waals surface area contributed by atoms with Gasteiger partial charge in [0.1, 0.15) is 5.75 Å². The molecule has 0 spiro atoms. The molecule has 1 N–H and O–H groups in total. The molecule has 7 nitrogen and oxygen atoms in total. The summed E-state index contributed by atoms with van der Waals surface area (Å²) in [5, 5.41) is 14.7. The fourth-order valence-electron chi connectivity index (χ4n) is 6.31. The number of hydrogen-bond acceptors (Lipinski definition) is 7. The van der Waals surface area contributed by atoms with Gasteiger partial charge in [0.25, 0.3) is 5.78 Å². The third-order valence-corrected chi connectivity index (χ3v) is 15.4. The molecule has 0 amide bonds. The van der Waals surface area contributed by atoms with Gasteiger partial charge in [0.15, 0.2) is 31.2 Å². The molecule has 7 aromatic rings. The zero-order valence-electron chi connectivity index (χ0n) is 33.0. The molecular formula is C48H41EuF3O7P2. The summed E-state index contributed by atoms with van der Waals surface area (Å²) in [6.45, 7) is 7.57. The van der Waals surface area contributed by atoms with Gasteiger partial charge in [0, 0.05) is 81.2 Å². The van der Waals surface area contributed by atoms with Crippen molar-refractivity contribution in [2.24, 2.45) is 0 Å². The fraction of sp³-hybridized carbons (Fsp3) is 0.0833. The molecule has 0 saturated heterocycles. The van der Waals surface area contributed by atoms with E-state index in [0.717, 1.165) is 31.8 Å². The number of alkyl halides is 3. The Morgan fingerprint density at radius 2 is 1.08 bits per heavy atom. The van der Waals surface area contributed by atoms with Crippen molar-refractivity contribution in [1.82, 2.24) is 0 Å². The molecule has 6 aromatic carbocycles. The number of carbonyl (C=O) groups excluding carboxylic acids is 1. The first-order valence-electron chi connectivity index (χ1n) is 18.6. The summed E-state index contributed by atoms with van der Waals surface area (Å²) < 4.78 is 74.6. The van der Waals surface area contributed by atoms with Crippen LogP contribution in [0.4, 0.5) is 13.2 Å². The van der Waals surface area contributed by atoms with E-state index in [1.54, 1.807) is 13.0 Å². The van der Waals surface area contributed by atoms with Crippen LogP contribution >= 0.6 is 14.3 Å². The molecule has 1 heterocycles. The van der Waals surface area contributed by atoms with Gasteiger partial charge in [0.05, 0.1) is 12.0 Å². The maximum Gasteiger partial charge on any atom is 0.455 e. The minimum Gasteiger partial charge on any atom is -0.506 e. The quantitative estimate of drug-likeness (QED) is 0.0629. The average Bonchev–Trinajstić information content (AvgIpc) is 3.28. The van der Waals surface area contributed by atoms with Gasteiger partial charge in [-0.05, 0) is 26.0 Å². The number of carbonyl (C=O) groups is 1. The molecule has 0 saturated carbocycles. The van der Waals surface area contributed by atoms with Gasteiger partial charge in [0.2, 0.25) is 0 Å². The number of ketones is 1. The van der Waals surface area contributed by atoms with Gasteiger partial charge in [-0.2, -0.15) is 13.2 Å². The summed E-state index contributed by atoms with van der Waals surface area (Å²) in [4.78, 5) is 22.8. The Bertz CT molecular complexity index is 2580. The summed E-state index contributed by atoms with van der Waals surface area (Å²) >= 11 is 0. The van der Waals surface area contributed by atoms with Crippen LogP contribution in [0.2, 0.25) is 0 Å². The monoisotopic (exact) mass is 1000 g/mol. The van der Waals surface area contributed by atoms with Crippen molar-refractivity contribution in [3.8, 4) is 11.5 Å². The van der Waals surface area contributed by atoms with Crippen molar-refractivity contribution in [1.29, 1.82) is 0 Å². The van der Waals surface area contributed by atoms with Crippen LogP contribution < -0.4 is 36.9 Å². The van der Waals surface area contributed by atoms with Crippen molar-refractivity contribution in [3.63, 3.8) is 0 Å². The number of fused-ring (bicyclic) bond motifs is 1. The van der Waals surface area contributed by atoms with E-state index in [4.69, 9.17) is 9.15 Å². The van der Waals surface area contributed by atoms with Crippen molar-refractivity contribution in [3.05, 3.63) is 210 Å². The summed E-state index contributed by atoms with van der Waals surface area (Å²) in [5.74, 6) is -3.46. The third kappa shape index (κ3) is 11.1. The molecule has 0 unspecified atom stereocenters. The fourth-order valence-corrected chi connectivity index (χ4v) is 11.7. The van der Waals surface area contributed by atoms with E-state index >= 15 is 0 Å². The Labute approximate surface area is 392 Å². The van der Waals surface area contributed by atoms with Crippen molar-refractivity contribution < 1.29 is 90.7 Å². The van der Waals surface area contributed by atoms with Gasteiger partial charge in [-0.25, -0.2) is 4.79 Å². The first kappa shape index (κ1) is 48.8. The molecule has 0 bridgehead atoms. The van der Waals surface area contributed by atoms with E-state index in [2.05, 4.69) is 6.58 Å². The van der Waals surface area contributed by atoms with Gasteiger partial charge in [-0.15, -0.1) is 0 Å². The topological polar surface area (TPSA) is 111 Å². The second-order valence-corrected chi connectivity index (χ2v) is 18.4. The van der Waals surface area contributed by atoms with E-state index in [-0.39, 0.29) is 72.7 Å². The van der Waals surface area contributed by atoms with Crippen LogP contribution in [-0.4, -0.2) is 23.7 Å². The average molecular weight is 1000 g/mol. The molecule has 0 aliphatic carbocycles. The number of para-hydroxylation sites is 1. The van der Waals surface area contributed by atoms with Crippen molar-refractivity contribution in [2.75, 3.05) is 6.61 Å². The summed E-state index contributed by atoms with van der Waals surface area (Å²) in [5.41, 5.74) is -3.24. The Balaban J connectivity index is 0.000000200. The molecule has 1 radical (unpaired) electrons. The predicted octanol–water partition coefficient (Wildman–Crippen LogP) is 10.1. The summed E-state index contributed by atoms with van der Waals surface area (Å²) in [6.07, 6.45) is -1.72. The van der Waals surface area contributed by atoms with Crippen molar-refractivity contribution >= 4 is 57.6 Å². The first-order valence-corrected chi connectivity index (χ1v) is 22.0. The van der Waals surface area contributed by atoms with E-state index in [0.29, 0.717) is 0 Å². The Morgan fingerprint density at radius 3 is 1.43 bits per heavy atom. The molecule has 0 aliphatic heterocycles. The van der Waals surface area contributed by atoms with Crippen LogP contribution in [-0.2, 0) is 9.13 Å². The van der Waals surface area contributed by atoms with Crippen LogP contribution in [0.15, 0.2) is 203 Å². The van der Waals surface area contributed by atoms with Crippen LogP contribution in [0, 0.1) is 49.4 Å². The number of Topliss-reactive ketones (excluding diaryl/α,β-unsaturated/α-hetero) is 1. The van der Waals surface area contributed by atoms with Crippen molar-refractivity contribution in [2.45, 2.75) is 20.0 Å². The van der Waals surface area contributed by atoms with Crippen LogP contribution in [0.25, 0.3) is 11.0 Å². The predicted molar refractivity (Wildman–Crippen MR) is 235 cm³/mol. The van der Waals surface area contributed by atoms with Gasteiger partial charge >= 0.3 is 11.8 Å². The maximum atomic E-state index is 13.8. The smallest absolute Gasteiger partial charge is 0.455 e. The molecule has 7 rings (SSSR count). The normalized spacial score (nSPS) is 11.5. The van der Waals surface area contributed by atoms with E-state index < -0.39 is 43.2 Å².